The predicted octanol–water partition coefficient (Wildman–Crippen LogP) is 3.47. The SMILES string of the molecule is Cc1ccc(-c2csc(NC(=O)c3ccnc(C)n3)n2)cc1. The summed E-state index contributed by atoms with van der Waals surface area (Å²) >= 11 is 1.39. The smallest absolute Gasteiger partial charge is 0.276 e. The van der Waals surface area contributed by atoms with E-state index in [4.69, 9.17) is 0 Å². The molecule has 1 amide bonds. The van der Waals surface area contributed by atoms with E-state index < -0.39 is 0 Å². The van der Waals surface area contributed by atoms with Crippen LogP contribution in [0.2, 0.25) is 0 Å². The molecule has 5 nitrogen and oxygen atoms in total. The average molecular weight is 310 g/mol. The van der Waals surface area contributed by atoms with E-state index in [1.54, 1.807) is 19.2 Å². The topological polar surface area (TPSA) is 67.8 Å². The van der Waals surface area contributed by atoms with Crippen molar-refractivity contribution in [2.75, 3.05) is 5.32 Å². The maximum atomic E-state index is 12.1. The van der Waals surface area contributed by atoms with Crippen molar-refractivity contribution < 1.29 is 4.79 Å². The summed E-state index contributed by atoms with van der Waals surface area (Å²) in [7, 11) is 0. The Morgan fingerprint density at radius 2 is 1.86 bits per heavy atom. The van der Waals surface area contributed by atoms with Crippen molar-refractivity contribution in [3.8, 4) is 11.3 Å². The molecule has 2 aromatic heterocycles. The van der Waals surface area contributed by atoms with Crippen LogP contribution in [0, 0.1) is 13.8 Å². The van der Waals surface area contributed by atoms with Crippen molar-refractivity contribution in [2.45, 2.75) is 13.8 Å². The Bertz CT molecular complexity index is 811. The second-order valence-corrected chi connectivity index (χ2v) is 5.71. The molecule has 0 bridgehead atoms. The number of hydrogen-bond acceptors (Lipinski definition) is 5. The van der Waals surface area contributed by atoms with E-state index in [-0.39, 0.29) is 5.91 Å². The number of nitrogens with one attached hydrogen (secondary N) is 1. The van der Waals surface area contributed by atoms with Crippen molar-refractivity contribution in [1.82, 2.24) is 15.0 Å². The van der Waals surface area contributed by atoms with Crippen molar-refractivity contribution >= 4 is 22.4 Å². The van der Waals surface area contributed by atoms with E-state index in [1.807, 2.05) is 36.6 Å². The van der Waals surface area contributed by atoms with Crippen LogP contribution in [0.4, 0.5) is 5.13 Å². The van der Waals surface area contributed by atoms with Crippen LogP contribution in [0.3, 0.4) is 0 Å². The van der Waals surface area contributed by atoms with Crippen molar-refractivity contribution in [3.63, 3.8) is 0 Å². The first-order chi connectivity index (χ1) is 10.6. The molecule has 22 heavy (non-hydrogen) atoms. The van der Waals surface area contributed by atoms with Gasteiger partial charge in [0.05, 0.1) is 5.69 Å². The molecule has 0 radical (unpaired) electrons. The van der Waals surface area contributed by atoms with Crippen LogP contribution >= 0.6 is 11.3 Å². The Hall–Kier alpha value is -2.60. The zero-order chi connectivity index (χ0) is 15.5. The molecule has 0 fully saturated rings. The standard InChI is InChI=1S/C16H14N4OS/c1-10-3-5-12(6-4-10)14-9-22-16(19-14)20-15(21)13-7-8-17-11(2)18-13/h3-9H,1-2H3,(H,19,20,21). The van der Waals surface area contributed by atoms with Gasteiger partial charge in [0, 0.05) is 17.1 Å². The van der Waals surface area contributed by atoms with Gasteiger partial charge in [-0.2, -0.15) is 0 Å². The van der Waals surface area contributed by atoms with Crippen LogP contribution in [-0.2, 0) is 0 Å². The number of nitrogens with zero attached hydrogens (tertiary/aromatic N) is 3. The van der Waals surface area contributed by atoms with Gasteiger partial charge in [-0.05, 0) is 19.9 Å². The molecule has 1 N–H and O–H groups in total. The Balaban J connectivity index is 1.77. The number of benzene rings is 1. The number of rotatable bonds is 3. The summed E-state index contributed by atoms with van der Waals surface area (Å²) in [5.74, 6) is 0.280. The molecule has 0 aliphatic rings. The highest BCUT2D eigenvalue weighted by Gasteiger charge is 2.11. The summed E-state index contributed by atoms with van der Waals surface area (Å²) in [6.07, 6.45) is 1.57. The molecular weight excluding hydrogens is 296 g/mol. The number of carbonyl (C=O) groups is 1. The third-order valence-corrected chi connectivity index (χ3v) is 3.84. The summed E-state index contributed by atoms with van der Waals surface area (Å²) in [5, 5.41) is 5.24. The van der Waals surface area contributed by atoms with Gasteiger partial charge in [-0.3, -0.25) is 10.1 Å². The van der Waals surface area contributed by atoms with Gasteiger partial charge in [0.25, 0.3) is 5.91 Å². The molecule has 3 aromatic rings. The van der Waals surface area contributed by atoms with Gasteiger partial charge in [-0.15, -0.1) is 11.3 Å². The van der Waals surface area contributed by atoms with E-state index >= 15 is 0 Å². The third-order valence-electron chi connectivity index (χ3n) is 3.08. The maximum Gasteiger partial charge on any atom is 0.276 e. The summed E-state index contributed by atoms with van der Waals surface area (Å²) < 4.78 is 0. The van der Waals surface area contributed by atoms with Gasteiger partial charge < -0.3 is 0 Å². The molecule has 0 atom stereocenters. The van der Waals surface area contributed by atoms with E-state index in [0.717, 1.165) is 11.3 Å². The molecule has 0 aliphatic heterocycles. The maximum absolute atomic E-state index is 12.1. The Kier molecular flexibility index (Phi) is 3.93. The number of carbonyl (C=O) groups excluding carboxylic acids is 1. The molecule has 3 rings (SSSR count). The molecular formula is C16H14N4OS. The second kappa shape index (κ2) is 6.03. The van der Waals surface area contributed by atoms with E-state index in [0.29, 0.717) is 16.6 Å². The lowest BCUT2D eigenvalue weighted by Gasteiger charge is -2.01. The van der Waals surface area contributed by atoms with Gasteiger partial charge in [0.2, 0.25) is 0 Å². The first-order valence-corrected chi connectivity index (χ1v) is 7.63. The van der Waals surface area contributed by atoms with Crippen LogP contribution < -0.4 is 5.32 Å². The van der Waals surface area contributed by atoms with Crippen LogP contribution in [0.1, 0.15) is 21.9 Å². The minimum Gasteiger partial charge on any atom is -0.296 e. The van der Waals surface area contributed by atoms with Crippen molar-refractivity contribution in [3.05, 3.63) is 59.0 Å². The molecule has 2 heterocycles. The van der Waals surface area contributed by atoms with Gasteiger partial charge >= 0.3 is 0 Å². The fourth-order valence-corrected chi connectivity index (χ4v) is 2.65. The highest BCUT2D eigenvalue weighted by Crippen LogP contribution is 2.25. The first-order valence-electron chi connectivity index (χ1n) is 6.75. The second-order valence-electron chi connectivity index (χ2n) is 4.85. The number of anilines is 1. The highest BCUT2D eigenvalue weighted by atomic mass is 32.1. The fraction of sp³-hybridized carbons (Fsp3) is 0.125. The lowest BCUT2D eigenvalue weighted by atomic mass is 10.1. The summed E-state index contributed by atoms with van der Waals surface area (Å²) in [5.41, 5.74) is 3.41. The molecule has 1 aromatic carbocycles. The van der Waals surface area contributed by atoms with Crippen LogP contribution in [0.5, 0.6) is 0 Å². The molecule has 0 aliphatic carbocycles. The Labute approximate surface area is 132 Å². The normalized spacial score (nSPS) is 10.5. The van der Waals surface area contributed by atoms with Crippen LogP contribution in [0.25, 0.3) is 11.3 Å². The molecule has 6 heteroatoms. The number of hydrogen-bond donors (Lipinski definition) is 1. The Morgan fingerprint density at radius 3 is 2.59 bits per heavy atom. The lowest BCUT2D eigenvalue weighted by Crippen LogP contribution is -2.14. The number of amides is 1. The van der Waals surface area contributed by atoms with Crippen LogP contribution in [-0.4, -0.2) is 20.9 Å². The monoisotopic (exact) mass is 310 g/mol. The quantitative estimate of drug-likeness (QED) is 0.804. The molecule has 0 spiro atoms. The zero-order valence-electron chi connectivity index (χ0n) is 12.2. The van der Waals surface area contributed by atoms with Gasteiger partial charge in [0.1, 0.15) is 11.5 Å². The highest BCUT2D eigenvalue weighted by molar-refractivity contribution is 7.14. The summed E-state index contributed by atoms with van der Waals surface area (Å²) in [4.78, 5) is 24.6. The number of aryl methyl sites for hydroxylation is 2. The molecule has 0 saturated heterocycles. The predicted molar refractivity (Wildman–Crippen MR) is 87.0 cm³/mol. The van der Waals surface area contributed by atoms with E-state index in [9.17, 15) is 4.79 Å². The lowest BCUT2D eigenvalue weighted by molar-refractivity contribution is 0.102. The minimum absolute atomic E-state index is 0.282. The summed E-state index contributed by atoms with van der Waals surface area (Å²) in [6, 6.07) is 9.69. The third kappa shape index (κ3) is 3.17. The molecule has 0 saturated carbocycles. The zero-order valence-corrected chi connectivity index (χ0v) is 13.0. The number of thiazole rings is 1. The summed E-state index contributed by atoms with van der Waals surface area (Å²) in [6.45, 7) is 3.79. The molecule has 0 unspecified atom stereocenters. The van der Waals surface area contributed by atoms with E-state index in [1.165, 1.54) is 16.9 Å². The van der Waals surface area contributed by atoms with E-state index in [2.05, 4.69) is 20.3 Å². The van der Waals surface area contributed by atoms with Crippen LogP contribution in [0.15, 0.2) is 41.9 Å². The van der Waals surface area contributed by atoms with Gasteiger partial charge in [0.15, 0.2) is 5.13 Å². The minimum atomic E-state index is -0.282. The van der Waals surface area contributed by atoms with Crippen molar-refractivity contribution in [1.29, 1.82) is 0 Å². The number of aromatic nitrogens is 3. The average Bonchev–Trinajstić information content (AvgIpc) is 2.96. The Morgan fingerprint density at radius 1 is 1.09 bits per heavy atom. The van der Waals surface area contributed by atoms with Crippen molar-refractivity contribution in [2.24, 2.45) is 0 Å². The first kappa shape index (κ1) is 14.3. The molecule has 110 valence electrons. The van der Waals surface area contributed by atoms with Gasteiger partial charge in [-0.1, -0.05) is 29.8 Å². The van der Waals surface area contributed by atoms with Gasteiger partial charge in [-0.25, -0.2) is 15.0 Å². The fourth-order valence-electron chi connectivity index (χ4n) is 1.93. The largest absolute Gasteiger partial charge is 0.296 e.